The average Bonchev–Trinajstić information content (AvgIpc) is 2.19. The lowest BCUT2D eigenvalue weighted by molar-refractivity contribution is 0.0320. The zero-order chi connectivity index (χ0) is 10.4. The lowest BCUT2D eigenvalue weighted by atomic mass is 9.83. The van der Waals surface area contributed by atoms with Crippen molar-refractivity contribution in [2.75, 3.05) is 0 Å². The molecule has 82 valence electrons. The van der Waals surface area contributed by atoms with Crippen LogP contribution >= 0.6 is 0 Å². The highest BCUT2D eigenvalue weighted by molar-refractivity contribution is 4.79. The van der Waals surface area contributed by atoms with Gasteiger partial charge in [0, 0.05) is 0 Å². The van der Waals surface area contributed by atoms with Crippen LogP contribution in [0.25, 0.3) is 0 Å². The molecule has 1 rings (SSSR count). The summed E-state index contributed by atoms with van der Waals surface area (Å²) in [6.45, 7) is 3.58. The van der Waals surface area contributed by atoms with Crippen molar-refractivity contribution in [1.29, 1.82) is 0 Å². The van der Waals surface area contributed by atoms with Crippen molar-refractivity contribution < 1.29 is 10.2 Å². The van der Waals surface area contributed by atoms with Crippen molar-refractivity contribution >= 4 is 0 Å². The molecule has 0 bridgehead atoms. The quantitative estimate of drug-likeness (QED) is 0.665. The zero-order valence-corrected chi connectivity index (χ0v) is 8.86. The molecule has 0 amide bonds. The second-order valence-corrected chi connectivity index (χ2v) is 4.38. The number of hydrogen-bond acceptors (Lipinski definition) is 2. The molecule has 0 saturated heterocycles. The molecule has 1 aliphatic carbocycles. The minimum atomic E-state index is -0.413. The fourth-order valence-corrected chi connectivity index (χ4v) is 2.28. The van der Waals surface area contributed by atoms with E-state index in [0.717, 1.165) is 12.8 Å². The Morgan fingerprint density at radius 1 is 1.21 bits per heavy atom. The maximum absolute atomic E-state index is 9.88. The van der Waals surface area contributed by atoms with Gasteiger partial charge in [-0.25, -0.2) is 0 Å². The molecule has 1 saturated carbocycles. The molecule has 1 fully saturated rings. The Hall–Kier alpha value is -0.340. The largest absolute Gasteiger partial charge is 0.393 e. The Kier molecular flexibility index (Phi) is 5.20. The van der Waals surface area contributed by atoms with Gasteiger partial charge in [-0.15, -0.1) is 6.58 Å². The van der Waals surface area contributed by atoms with E-state index in [1.54, 1.807) is 6.08 Å². The van der Waals surface area contributed by atoms with Gasteiger partial charge in [0.1, 0.15) is 0 Å². The van der Waals surface area contributed by atoms with Gasteiger partial charge >= 0.3 is 0 Å². The number of hydrogen-bond donors (Lipinski definition) is 2. The molecule has 0 radical (unpaired) electrons. The summed E-state index contributed by atoms with van der Waals surface area (Å²) >= 11 is 0. The van der Waals surface area contributed by atoms with E-state index in [2.05, 4.69) is 6.58 Å². The molecule has 1 aliphatic rings. The summed E-state index contributed by atoms with van der Waals surface area (Å²) in [4.78, 5) is 0. The van der Waals surface area contributed by atoms with Gasteiger partial charge in [-0.2, -0.15) is 0 Å². The second-order valence-electron chi connectivity index (χ2n) is 4.38. The van der Waals surface area contributed by atoms with Crippen molar-refractivity contribution in [2.45, 2.75) is 57.2 Å². The van der Waals surface area contributed by atoms with E-state index < -0.39 is 6.10 Å². The van der Waals surface area contributed by atoms with Gasteiger partial charge in [0.15, 0.2) is 0 Å². The monoisotopic (exact) mass is 198 g/mol. The molecule has 2 heteroatoms. The number of rotatable bonds is 5. The maximum atomic E-state index is 9.88. The molecule has 0 aromatic heterocycles. The van der Waals surface area contributed by atoms with Crippen molar-refractivity contribution in [3.8, 4) is 0 Å². The molecule has 0 aromatic rings. The lowest BCUT2D eigenvalue weighted by Crippen LogP contribution is -2.27. The summed E-state index contributed by atoms with van der Waals surface area (Å²) in [5, 5.41) is 19.4. The summed E-state index contributed by atoms with van der Waals surface area (Å²) in [5.41, 5.74) is 0. The van der Waals surface area contributed by atoms with Gasteiger partial charge in [-0.05, 0) is 31.6 Å². The summed E-state index contributed by atoms with van der Waals surface area (Å²) < 4.78 is 0. The Morgan fingerprint density at radius 3 is 2.43 bits per heavy atom. The summed E-state index contributed by atoms with van der Waals surface area (Å²) in [6, 6.07) is 0. The molecule has 2 atom stereocenters. The fraction of sp³-hybridized carbons (Fsp3) is 0.833. The van der Waals surface area contributed by atoms with Gasteiger partial charge in [-0.1, -0.05) is 25.3 Å². The first kappa shape index (κ1) is 11.7. The predicted molar refractivity (Wildman–Crippen MR) is 58.0 cm³/mol. The topological polar surface area (TPSA) is 40.5 Å². The van der Waals surface area contributed by atoms with E-state index in [1.807, 2.05) is 0 Å². The van der Waals surface area contributed by atoms with Crippen LogP contribution in [0.15, 0.2) is 12.7 Å². The smallest absolute Gasteiger partial charge is 0.0599 e. The van der Waals surface area contributed by atoms with Crippen LogP contribution in [0.1, 0.15) is 44.9 Å². The van der Waals surface area contributed by atoms with E-state index in [-0.39, 0.29) is 6.10 Å². The van der Waals surface area contributed by atoms with Crippen LogP contribution in [0, 0.1) is 5.92 Å². The van der Waals surface area contributed by atoms with Crippen molar-refractivity contribution in [3.05, 3.63) is 12.7 Å². The molecule has 0 aliphatic heterocycles. The molecule has 0 heterocycles. The standard InChI is InChI=1S/C12H22O2/c1-2-6-11(13)9-12(14)10-7-4-3-5-8-10/h2,10-14H,1,3-9H2/t11-,12+/m1/s1. The minimum absolute atomic E-state index is 0.315. The Balaban J connectivity index is 2.24. The number of aliphatic hydroxyl groups is 2. The highest BCUT2D eigenvalue weighted by atomic mass is 16.3. The van der Waals surface area contributed by atoms with Gasteiger partial charge in [0.2, 0.25) is 0 Å². The van der Waals surface area contributed by atoms with Crippen LogP contribution in [-0.2, 0) is 0 Å². The normalized spacial score (nSPS) is 23.0. The maximum Gasteiger partial charge on any atom is 0.0599 e. The summed E-state index contributed by atoms with van der Waals surface area (Å²) in [5.74, 6) is 0.420. The first-order valence-corrected chi connectivity index (χ1v) is 5.71. The third kappa shape index (κ3) is 3.81. The Labute approximate surface area is 86.6 Å². The van der Waals surface area contributed by atoms with E-state index in [0.29, 0.717) is 18.8 Å². The third-order valence-corrected chi connectivity index (χ3v) is 3.15. The average molecular weight is 198 g/mol. The fourth-order valence-electron chi connectivity index (χ4n) is 2.28. The molecule has 14 heavy (non-hydrogen) atoms. The van der Waals surface area contributed by atoms with Gasteiger partial charge < -0.3 is 10.2 Å². The minimum Gasteiger partial charge on any atom is -0.393 e. The predicted octanol–water partition coefficient (Wildman–Crippen LogP) is 2.25. The lowest BCUT2D eigenvalue weighted by Gasteiger charge is -2.27. The van der Waals surface area contributed by atoms with Crippen molar-refractivity contribution in [2.24, 2.45) is 5.92 Å². The number of aliphatic hydroxyl groups excluding tert-OH is 2. The first-order valence-electron chi connectivity index (χ1n) is 5.71. The molecule has 0 spiro atoms. The van der Waals surface area contributed by atoms with Gasteiger partial charge in [0.25, 0.3) is 0 Å². The van der Waals surface area contributed by atoms with Crippen LogP contribution in [-0.4, -0.2) is 22.4 Å². The van der Waals surface area contributed by atoms with E-state index >= 15 is 0 Å². The van der Waals surface area contributed by atoms with Crippen molar-refractivity contribution in [3.63, 3.8) is 0 Å². The van der Waals surface area contributed by atoms with E-state index in [9.17, 15) is 10.2 Å². The summed E-state index contributed by atoms with van der Waals surface area (Å²) in [7, 11) is 0. The van der Waals surface area contributed by atoms with Gasteiger partial charge in [0.05, 0.1) is 12.2 Å². The van der Waals surface area contributed by atoms with Gasteiger partial charge in [-0.3, -0.25) is 0 Å². The molecular formula is C12H22O2. The Bertz CT molecular complexity index is 162. The highest BCUT2D eigenvalue weighted by Gasteiger charge is 2.23. The van der Waals surface area contributed by atoms with E-state index in [4.69, 9.17) is 0 Å². The molecule has 2 N–H and O–H groups in total. The zero-order valence-electron chi connectivity index (χ0n) is 8.86. The van der Waals surface area contributed by atoms with E-state index in [1.165, 1.54) is 19.3 Å². The van der Waals surface area contributed by atoms with Crippen LogP contribution in [0.4, 0.5) is 0 Å². The first-order chi connectivity index (χ1) is 6.74. The highest BCUT2D eigenvalue weighted by Crippen LogP contribution is 2.28. The summed E-state index contributed by atoms with van der Waals surface area (Å²) in [6.07, 6.45) is 8.11. The van der Waals surface area contributed by atoms with Crippen LogP contribution < -0.4 is 0 Å². The van der Waals surface area contributed by atoms with Crippen LogP contribution in [0.3, 0.4) is 0 Å². The molecule has 0 unspecified atom stereocenters. The second kappa shape index (κ2) is 6.20. The Morgan fingerprint density at radius 2 is 1.86 bits per heavy atom. The SMILES string of the molecule is C=CC[C@@H](O)C[C@H](O)C1CCCCC1. The third-order valence-electron chi connectivity index (χ3n) is 3.15. The van der Waals surface area contributed by atoms with Crippen LogP contribution in [0.5, 0.6) is 0 Å². The van der Waals surface area contributed by atoms with Crippen molar-refractivity contribution in [1.82, 2.24) is 0 Å². The molecular weight excluding hydrogens is 176 g/mol. The molecule has 2 nitrogen and oxygen atoms in total. The van der Waals surface area contributed by atoms with Crippen LogP contribution in [0.2, 0.25) is 0 Å². The molecule has 0 aromatic carbocycles.